The lowest BCUT2D eigenvalue weighted by Crippen LogP contribution is -2.48. The van der Waals surface area contributed by atoms with Crippen LogP contribution in [-0.4, -0.2) is 102 Å². The molecule has 0 rings (SSSR count). The summed E-state index contributed by atoms with van der Waals surface area (Å²) < 4.78 is 40.5. The van der Waals surface area contributed by atoms with Gasteiger partial charge in [0.25, 0.3) is 0 Å². The first-order chi connectivity index (χ1) is 16.7. The van der Waals surface area contributed by atoms with Crippen molar-refractivity contribution < 1.29 is 31.0 Å². The molecule has 0 aliphatic carbocycles. The highest BCUT2D eigenvalue weighted by molar-refractivity contribution is 6.67. The zero-order chi connectivity index (χ0) is 26.6. The van der Waals surface area contributed by atoms with Crippen LogP contribution in [0.15, 0.2) is 11.4 Å². The maximum atomic E-state index is 5.98. The minimum atomic E-state index is -2.70. The van der Waals surface area contributed by atoms with Gasteiger partial charge in [-0.25, -0.2) is 0 Å². The van der Waals surface area contributed by atoms with E-state index in [1.54, 1.807) is 21.3 Å². The second kappa shape index (κ2) is 20.2. The second-order valence-electron chi connectivity index (χ2n) is 8.52. The van der Waals surface area contributed by atoms with Crippen LogP contribution in [0.2, 0.25) is 25.2 Å². The van der Waals surface area contributed by atoms with Crippen LogP contribution in [0.4, 0.5) is 0 Å². The average Bonchev–Trinajstić information content (AvgIpc) is 2.83. The first kappa shape index (κ1) is 35.2. The highest BCUT2D eigenvalue weighted by Crippen LogP contribution is 2.16. The first-order valence-electron chi connectivity index (χ1n) is 13.1. The van der Waals surface area contributed by atoms with Crippen molar-refractivity contribution in [3.63, 3.8) is 0 Å². The minimum Gasteiger partial charge on any atom is -0.395 e. The van der Waals surface area contributed by atoms with Crippen molar-refractivity contribution in [2.45, 2.75) is 71.5 Å². The van der Waals surface area contributed by atoms with Gasteiger partial charge in [0.1, 0.15) is 0 Å². The van der Waals surface area contributed by atoms with E-state index in [0.29, 0.717) is 26.4 Å². The van der Waals surface area contributed by atoms with E-state index < -0.39 is 35.4 Å². The molecular weight excluding hydrogens is 517 g/mol. The topological polar surface area (TPSA) is 88.7 Å². The Morgan fingerprint density at radius 2 is 1.06 bits per heavy atom. The summed E-state index contributed by atoms with van der Waals surface area (Å²) in [6, 6.07) is 1.96. The van der Waals surface area contributed by atoms with Crippen molar-refractivity contribution in [1.82, 2.24) is 10.6 Å². The van der Waals surface area contributed by atoms with Gasteiger partial charge in [0.05, 0.1) is 9.52 Å². The number of nitrogens with one attached hydrogen (secondary N) is 2. The largest absolute Gasteiger partial charge is 0.528 e. The predicted octanol–water partition coefficient (Wildman–Crippen LogP) is 2.62. The van der Waals surface area contributed by atoms with E-state index in [0.717, 1.165) is 38.0 Å². The van der Waals surface area contributed by atoms with Gasteiger partial charge in [0.2, 0.25) is 0 Å². The van der Waals surface area contributed by atoms with Crippen molar-refractivity contribution in [2.75, 3.05) is 60.8 Å². The van der Waals surface area contributed by atoms with Gasteiger partial charge in [-0.15, -0.1) is 0 Å². The Kier molecular flexibility index (Phi) is 20.4. The third-order valence-corrected chi connectivity index (χ3v) is 16.2. The summed E-state index contributed by atoms with van der Waals surface area (Å²) in [7, 11) is -2.63. The van der Waals surface area contributed by atoms with Crippen molar-refractivity contribution in [1.29, 1.82) is 0 Å². The fourth-order valence-corrected chi connectivity index (χ4v) is 12.5. The Morgan fingerprint density at radius 1 is 0.686 bits per heavy atom. The van der Waals surface area contributed by atoms with Gasteiger partial charge in [-0.2, -0.15) is 0 Å². The Hall–Kier alpha value is 0.248. The van der Waals surface area contributed by atoms with Crippen LogP contribution in [-0.2, 0) is 31.0 Å². The van der Waals surface area contributed by atoms with Gasteiger partial charge in [0, 0.05) is 53.5 Å². The van der Waals surface area contributed by atoms with Crippen LogP contribution in [0, 0.1) is 0 Å². The second-order valence-corrected chi connectivity index (χ2v) is 19.7. The summed E-state index contributed by atoms with van der Waals surface area (Å²) in [6.45, 7) is 17.1. The van der Waals surface area contributed by atoms with Crippen LogP contribution in [0.3, 0.4) is 0 Å². The molecule has 0 radical (unpaired) electrons. The van der Waals surface area contributed by atoms with Crippen LogP contribution < -0.4 is 10.6 Å². The molecule has 0 aliphatic heterocycles. The molecule has 35 heavy (non-hydrogen) atoms. The molecule has 0 aromatic rings. The molecule has 0 saturated carbocycles. The molecule has 9 nitrogen and oxygen atoms in total. The van der Waals surface area contributed by atoms with E-state index in [-0.39, 0.29) is 5.79 Å². The molecular formula is C22H54N2O7Si4. The van der Waals surface area contributed by atoms with Crippen molar-refractivity contribution >= 4 is 35.4 Å². The third-order valence-electron chi connectivity index (χ3n) is 5.74. The van der Waals surface area contributed by atoms with Crippen LogP contribution in [0.5, 0.6) is 0 Å². The maximum Gasteiger partial charge on any atom is 0.528 e. The summed E-state index contributed by atoms with van der Waals surface area (Å²) in [6.07, 6.45) is 2.04. The lowest BCUT2D eigenvalue weighted by molar-refractivity contribution is 0.138. The fraction of sp³-hybridized carbons (Fsp3) is 0.909. The molecule has 0 amide bonds. The van der Waals surface area contributed by atoms with E-state index in [1.165, 1.54) is 0 Å². The molecule has 0 aromatic heterocycles. The maximum absolute atomic E-state index is 5.98. The molecule has 0 aromatic carbocycles. The highest BCUT2D eigenvalue weighted by Gasteiger charge is 2.34. The Labute approximate surface area is 220 Å². The third kappa shape index (κ3) is 15.3. The molecule has 0 bridgehead atoms. The van der Waals surface area contributed by atoms with Crippen LogP contribution >= 0.6 is 0 Å². The number of rotatable bonds is 24. The van der Waals surface area contributed by atoms with Gasteiger partial charge in [-0.05, 0) is 84.5 Å². The van der Waals surface area contributed by atoms with E-state index in [1.807, 2.05) is 33.4 Å². The molecule has 0 heterocycles. The SMILES string of the molecule is CCO[Si](C)(CCCNC(NCCC[Si](C)(OCC)OCC)[SiH2]C=C[Si](OC)(OC)OC)OCC. The van der Waals surface area contributed by atoms with Crippen molar-refractivity contribution in [3.8, 4) is 0 Å². The van der Waals surface area contributed by atoms with Gasteiger partial charge in [-0.3, -0.25) is 0 Å². The Balaban J connectivity index is 4.94. The van der Waals surface area contributed by atoms with E-state index in [9.17, 15) is 0 Å². The molecule has 0 fully saturated rings. The molecule has 0 aliphatic rings. The lowest BCUT2D eigenvalue weighted by atomic mass is 10.4. The zero-order valence-corrected chi connectivity index (χ0v) is 28.3. The van der Waals surface area contributed by atoms with E-state index in [2.05, 4.69) is 29.4 Å². The Morgan fingerprint density at radius 3 is 1.37 bits per heavy atom. The fourth-order valence-electron chi connectivity index (χ4n) is 4.01. The predicted molar refractivity (Wildman–Crippen MR) is 153 cm³/mol. The van der Waals surface area contributed by atoms with Gasteiger partial charge >= 0.3 is 25.9 Å². The summed E-state index contributed by atoms with van der Waals surface area (Å²) in [5.74, 6) is 0.253. The normalized spacial score (nSPS) is 13.8. The average molecular weight is 571 g/mol. The van der Waals surface area contributed by atoms with Crippen molar-refractivity contribution in [2.24, 2.45) is 0 Å². The number of hydrogen-bond donors (Lipinski definition) is 2. The number of hydrogen-bond acceptors (Lipinski definition) is 9. The summed E-state index contributed by atoms with van der Waals surface area (Å²) in [4.78, 5) is 0. The highest BCUT2D eigenvalue weighted by atomic mass is 28.4. The molecule has 0 spiro atoms. The monoisotopic (exact) mass is 570 g/mol. The van der Waals surface area contributed by atoms with Gasteiger partial charge in [0.15, 0.2) is 0 Å². The summed E-state index contributed by atoms with van der Waals surface area (Å²) in [5.41, 5.74) is 4.21. The summed E-state index contributed by atoms with van der Waals surface area (Å²) >= 11 is 0. The quantitative estimate of drug-likeness (QED) is 0.103. The van der Waals surface area contributed by atoms with Gasteiger partial charge in [-0.1, -0.05) is 5.70 Å². The standard InChI is InChI=1S/C22H54N2O7Si4/c1-10-28-33(8,29-11-2)19-14-16-23-22(32-18-21-35(25-5,26-6)27-7)24-17-15-20-34(9,30-12-3)31-13-4/h18,21-24H,10-17,19-20,32H2,1-9H3. The van der Waals surface area contributed by atoms with Gasteiger partial charge < -0.3 is 41.6 Å². The molecule has 2 N–H and O–H groups in total. The van der Waals surface area contributed by atoms with Crippen molar-refractivity contribution in [3.05, 3.63) is 11.4 Å². The van der Waals surface area contributed by atoms with E-state index in [4.69, 9.17) is 31.0 Å². The molecule has 0 unspecified atom stereocenters. The molecule has 13 heteroatoms. The molecule has 0 atom stereocenters. The first-order valence-corrected chi connectivity index (χ1v) is 21.5. The van der Waals surface area contributed by atoms with Crippen LogP contribution in [0.25, 0.3) is 0 Å². The lowest BCUT2D eigenvalue weighted by Gasteiger charge is -2.27. The molecule has 210 valence electrons. The van der Waals surface area contributed by atoms with E-state index >= 15 is 0 Å². The molecule has 0 saturated heterocycles. The smallest absolute Gasteiger partial charge is 0.395 e. The summed E-state index contributed by atoms with van der Waals surface area (Å²) in [5, 5.41) is 7.43. The van der Waals surface area contributed by atoms with Crippen LogP contribution in [0.1, 0.15) is 40.5 Å². The zero-order valence-electron chi connectivity index (χ0n) is 23.9. The minimum absolute atomic E-state index is 0.253. The Bertz CT molecular complexity index is 496.